The molecule has 0 heterocycles. The summed E-state index contributed by atoms with van der Waals surface area (Å²) in [4.78, 5) is 0. The Kier molecular flexibility index (Phi) is 6.91. The molecule has 3 nitrogen and oxygen atoms in total. The van der Waals surface area contributed by atoms with Gasteiger partial charge in [0.05, 0.1) is 0 Å². The normalized spacial score (nSPS) is 13.5. The van der Waals surface area contributed by atoms with Crippen molar-refractivity contribution in [3.8, 4) is 0 Å². The fourth-order valence-corrected chi connectivity index (χ4v) is 0.854. The Bertz CT molecular complexity index is 57.9. The first-order valence-electron chi connectivity index (χ1n) is 3.91. The zero-order valence-corrected chi connectivity index (χ0v) is 6.77. The largest absolute Gasteiger partial charge is 0.330 e. The average Bonchev–Trinajstić information content (AvgIpc) is 1.97. The smallest absolute Gasteiger partial charge is 0.00513 e. The van der Waals surface area contributed by atoms with E-state index in [-0.39, 0.29) is 0 Å². The molecule has 0 rings (SSSR count). The van der Waals surface area contributed by atoms with Crippen LogP contribution in [0.3, 0.4) is 0 Å². The quantitative estimate of drug-likeness (QED) is 0.479. The summed E-state index contributed by atoms with van der Waals surface area (Å²) in [6.07, 6.45) is 3.15. The Morgan fingerprint density at radius 2 is 2.10 bits per heavy atom. The van der Waals surface area contributed by atoms with Gasteiger partial charge in [-0.25, -0.2) is 0 Å². The van der Waals surface area contributed by atoms with E-state index in [1.165, 1.54) is 0 Å². The summed E-state index contributed by atoms with van der Waals surface area (Å²) < 4.78 is 0. The number of hydrogen-bond acceptors (Lipinski definition) is 3. The Labute approximate surface area is 63.2 Å². The van der Waals surface area contributed by atoms with Crippen molar-refractivity contribution in [1.29, 1.82) is 0 Å². The standard InChI is InChI=1S/C7H19N3/c1-10-6-4-7(9)3-2-5-8/h7,10H,2-6,8-9H2,1H3. The molecule has 0 aromatic heterocycles. The van der Waals surface area contributed by atoms with Crippen LogP contribution in [0, 0.1) is 0 Å². The molecule has 0 aromatic rings. The Morgan fingerprint density at radius 3 is 2.60 bits per heavy atom. The van der Waals surface area contributed by atoms with Gasteiger partial charge in [0.2, 0.25) is 0 Å². The van der Waals surface area contributed by atoms with Crippen LogP contribution < -0.4 is 16.8 Å². The van der Waals surface area contributed by atoms with Gasteiger partial charge in [0.15, 0.2) is 0 Å². The van der Waals surface area contributed by atoms with Gasteiger partial charge < -0.3 is 16.8 Å². The highest BCUT2D eigenvalue weighted by atomic mass is 14.8. The topological polar surface area (TPSA) is 64.1 Å². The molecule has 0 saturated carbocycles. The lowest BCUT2D eigenvalue weighted by Gasteiger charge is -2.09. The van der Waals surface area contributed by atoms with Crippen molar-refractivity contribution in [1.82, 2.24) is 5.32 Å². The first-order chi connectivity index (χ1) is 4.81. The first-order valence-corrected chi connectivity index (χ1v) is 3.91. The van der Waals surface area contributed by atoms with Gasteiger partial charge in [0.1, 0.15) is 0 Å². The van der Waals surface area contributed by atoms with Gasteiger partial charge in [-0.05, 0) is 39.4 Å². The van der Waals surface area contributed by atoms with Crippen LogP contribution in [0.4, 0.5) is 0 Å². The molecule has 0 aromatic carbocycles. The summed E-state index contributed by atoms with van der Waals surface area (Å²) in [6.45, 7) is 1.76. The molecule has 0 spiro atoms. The minimum Gasteiger partial charge on any atom is -0.330 e. The lowest BCUT2D eigenvalue weighted by Crippen LogP contribution is -2.25. The van der Waals surface area contributed by atoms with Crippen molar-refractivity contribution in [2.24, 2.45) is 11.5 Å². The molecule has 1 atom stereocenters. The van der Waals surface area contributed by atoms with E-state index in [1.54, 1.807) is 0 Å². The summed E-state index contributed by atoms with van der Waals surface area (Å²) in [5.74, 6) is 0. The van der Waals surface area contributed by atoms with Crippen LogP contribution in [0.5, 0.6) is 0 Å². The molecule has 0 bridgehead atoms. The lowest BCUT2D eigenvalue weighted by atomic mass is 10.1. The second kappa shape index (κ2) is 6.99. The third-order valence-corrected chi connectivity index (χ3v) is 1.54. The molecule has 1 unspecified atom stereocenters. The molecule has 0 radical (unpaired) electrons. The van der Waals surface area contributed by atoms with Crippen LogP contribution >= 0.6 is 0 Å². The maximum absolute atomic E-state index is 5.75. The summed E-state index contributed by atoms with van der Waals surface area (Å²) in [7, 11) is 1.94. The Morgan fingerprint density at radius 1 is 1.40 bits per heavy atom. The minimum absolute atomic E-state index is 0.330. The van der Waals surface area contributed by atoms with Crippen LogP contribution in [-0.2, 0) is 0 Å². The molecule has 0 fully saturated rings. The van der Waals surface area contributed by atoms with E-state index in [9.17, 15) is 0 Å². The summed E-state index contributed by atoms with van der Waals surface area (Å²) >= 11 is 0. The summed E-state index contributed by atoms with van der Waals surface area (Å²) in [5.41, 5.74) is 11.1. The van der Waals surface area contributed by atoms with Crippen LogP contribution in [-0.4, -0.2) is 26.2 Å². The van der Waals surface area contributed by atoms with Gasteiger partial charge in [0, 0.05) is 6.04 Å². The first kappa shape index (κ1) is 9.88. The molecule has 0 amide bonds. The molecule has 5 N–H and O–H groups in total. The minimum atomic E-state index is 0.330. The van der Waals surface area contributed by atoms with Crippen molar-refractivity contribution < 1.29 is 0 Å². The highest BCUT2D eigenvalue weighted by molar-refractivity contribution is 4.62. The maximum Gasteiger partial charge on any atom is 0.00513 e. The molecule has 3 heteroatoms. The van der Waals surface area contributed by atoms with E-state index in [2.05, 4.69) is 5.32 Å². The number of rotatable bonds is 6. The van der Waals surface area contributed by atoms with E-state index in [0.717, 1.165) is 32.4 Å². The third-order valence-electron chi connectivity index (χ3n) is 1.54. The van der Waals surface area contributed by atoms with E-state index in [1.807, 2.05) is 7.05 Å². The monoisotopic (exact) mass is 145 g/mol. The molecule has 0 saturated heterocycles. The van der Waals surface area contributed by atoms with Crippen molar-refractivity contribution >= 4 is 0 Å². The van der Waals surface area contributed by atoms with Crippen LogP contribution in [0.2, 0.25) is 0 Å². The van der Waals surface area contributed by atoms with Gasteiger partial charge in [-0.2, -0.15) is 0 Å². The fourth-order valence-electron chi connectivity index (χ4n) is 0.854. The van der Waals surface area contributed by atoms with E-state index in [0.29, 0.717) is 6.04 Å². The molecule has 10 heavy (non-hydrogen) atoms. The van der Waals surface area contributed by atoms with Crippen LogP contribution in [0.25, 0.3) is 0 Å². The van der Waals surface area contributed by atoms with Crippen molar-refractivity contribution in [2.75, 3.05) is 20.1 Å². The highest BCUT2D eigenvalue weighted by Gasteiger charge is 1.98. The van der Waals surface area contributed by atoms with Crippen molar-refractivity contribution in [3.63, 3.8) is 0 Å². The lowest BCUT2D eigenvalue weighted by molar-refractivity contribution is 0.536. The molecule has 0 aliphatic rings. The van der Waals surface area contributed by atoms with E-state index >= 15 is 0 Å². The number of hydrogen-bond donors (Lipinski definition) is 3. The molecular formula is C7H19N3. The maximum atomic E-state index is 5.75. The predicted octanol–water partition coefficient (Wildman–Crippen LogP) is -0.338. The molecule has 0 aliphatic heterocycles. The van der Waals surface area contributed by atoms with Crippen LogP contribution in [0.1, 0.15) is 19.3 Å². The second-order valence-electron chi connectivity index (χ2n) is 2.58. The van der Waals surface area contributed by atoms with Gasteiger partial charge in [-0.1, -0.05) is 0 Å². The van der Waals surface area contributed by atoms with Gasteiger partial charge in [-0.3, -0.25) is 0 Å². The van der Waals surface area contributed by atoms with E-state index in [4.69, 9.17) is 11.5 Å². The zero-order valence-electron chi connectivity index (χ0n) is 6.77. The third kappa shape index (κ3) is 6.01. The Balaban J connectivity index is 3.00. The van der Waals surface area contributed by atoms with Crippen LogP contribution in [0.15, 0.2) is 0 Å². The highest BCUT2D eigenvalue weighted by Crippen LogP contribution is 1.95. The predicted molar refractivity (Wildman–Crippen MR) is 44.8 cm³/mol. The fraction of sp³-hybridized carbons (Fsp3) is 1.00. The second-order valence-corrected chi connectivity index (χ2v) is 2.58. The van der Waals surface area contributed by atoms with Gasteiger partial charge >= 0.3 is 0 Å². The summed E-state index contributed by atoms with van der Waals surface area (Å²) in [6, 6.07) is 0.330. The number of nitrogens with two attached hydrogens (primary N) is 2. The van der Waals surface area contributed by atoms with Crippen molar-refractivity contribution in [2.45, 2.75) is 25.3 Å². The van der Waals surface area contributed by atoms with Gasteiger partial charge in [0.25, 0.3) is 0 Å². The summed E-state index contributed by atoms with van der Waals surface area (Å²) in [5, 5.41) is 3.06. The molecule has 62 valence electrons. The average molecular weight is 145 g/mol. The van der Waals surface area contributed by atoms with Crippen molar-refractivity contribution in [3.05, 3.63) is 0 Å². The molecular weight excluding hydrogens is 126 g/mol. The van der Waals surface area contributed by atoms with Gasteiger partial charge in [-0.15, -0.1) is 0 Å². The molecule has 0 aliphatic carbocycles. The van der Waals surface area contributed by atoms with E-state index < -0.39 is 0 Å². The zero-order chi connectivity index (χ0) is 7.82. The Hall–Kier alpha value is -0.120. The number of nitrogens with one attached hydrogen (secondary N) is 1. The SMILES string of the molecule is CNCCC(N)CCCN.